The van der Waals surface area contributed by atoms with Gasteiger partial charge in [-0.1, -0.05) is 0 Å². The van der Waals surface area contributed by atoms with Gasteiger partial charge in [-0.2, -0.15) is 5.10 Å². The molecule has 3 rings (SSSR count). The van der Waals surface area contributed by atoms with Crippen molar-refractivity contribution in [2.75, 3.05) is 37.4 Å². The van der Waals surface area contributed by atoms with Crippen molar-refractivity contribution in [1.82, 2.24) is 19.7 Å². The first-order valence-electron chi connectivity index (χ1n) is 8.29. The summed E-state index contributed by atoms with van der Waals surface area (Å²) in [5.41, 5.74) is 0.991. The number of ether oxygens (including phenoxy) is 1. The molecular weight excluding hydrogens is 320 g/mol. The molecule has 1 atom stereocenters. The van der Waals surface area contributed by atoms with E-state index in [1.807, 2.05) is 51.2 Å². The number of carbonyl (C=O) groups excluding carboxylic acids is 1. The predicted octanol–water partition coefficient (Wildman–Crippen LogP) is 1.87. The molecular formula is C17H24N6O2. The monoisotopic (exact) mass is 344 g/mol. The summed E-state index contributed by atoms with van der Waals surface area (Å²) in [6.07, 6.45) is 2.49. The fourth-order valence-corrected chi connectivity index (χ4v) is 2.81. The molecule has 0 spiro atoms. The van der Waals surface area contributed by atoms with Gasteiger partial charge in [0.2, 0.25) is 0 Å². The molecule has 1 aliphatic heterocycles. The maximum atomic E-state index is 12.4. The summed E-state index contributed by atoms with van der Waals surface area (Å²) in [6, 6.07) is 5.46. The second kappa shape index (κ2) is 7.00. The molecule has 0 aliphatic carbocycles. The molecule has 0 saturated carbocycles. The van der Waals surface area contributed by atoms with Crippen molar-refractivity contribution >= 4 is 17.7 Å². The highest BCUT2D eigenvalue weighted by atomic mass is 16.5. The highest BCUT2D eigenvalue weighted by molar-refractivity contribution is 5.88. The summed E-state index contributed by atoms with van der Waals surface area (Å²) in [6.45, 7) is 3.14. The van der Waals surface area contributed by atoms with E-state index >= 15 is 0 Å². The van der Waals surface area contributed by atoms with Crippen LogP contribution in [-0.2, 0) is 7.05 Å². The van der Waals surface area contributed by atoms with Gasteiger partial charge in [-0.15, -0.1) is 0 Å². The van der Waals surface area contributed by atoms with Crippen molar-refractivity contribution in [1.29, 1.82) is 0 Å². The van der Waals surface area contributed by atoms with Crippen LogP contribution in [0.4, 0.5) is 16.4 Å². The number of carbonyl (C=O) groups is 1. The highest BCUT2D eigenvalue weighted by Gasteiger charge is 2.28. The zero-order chi connectivity index (χ0) is 18.0. The molecule has 2 aromatic heterocycles. The largest absolute Gasteiger partial charge is 0.485 e. The van der Waals surface area contributed by atoms with Crippen molar-refractivity contribution in [2.24, 2.45) is 7.05 Å². The number of likely N-dealkylation sites (tertiary alicyclic amines) is 1. The minimum absolute atomic E-state index is 0.0425. The molecule has 1 fully saturated rings. The Hall–Kier alpha value is -2.77. The Balaban J connectivity index is 1.59. The number of aryl methyl sites for hydroxylation is 2. The van der Waals surface area contributed by atoms with Crippen molar-refractivity contribution in [2.45, 2.75) is 19.4 Å². The lowest BCUT2D eigenvalue weighted by Crippen LogP contribution is -2.34. The Morgan fingerprint density at radius 2 is 2.24 bits per heavy atom. The Bertz CT molecular complexity index is 738. The van der Waals surface area contributed by atoms with Crippen LogP contribution < -0.4 is 15.0 Å². The number of urea groups is 1. The van der Waals surface area contributed by atoms with Gasteiger partial charge in [0.25, 0.3) is 0 Å². The molecule has 1 saturated heterocycles. The smallest absolute Gasteiger partial charge is 0.323 e. The quantitative estimate of drug-likeness (QED) is 0.916. The lowest BCUT2D eigenvalue weighted by molar-refractivity contribution is 0.195. The Morgan fingerprint density at radius 1 is 1.44 bits per heavy atom. The third-order valence-corrected chi connectivity index (χ3v) is 4.25. The van der Waals surface area contributed by atoms with Gasteiger partial charge in [0.15, 0.2) is 17.4 Å². The number of nitrogens with one attached hydrogen (secondary N) is 1. The van der Waals surface area contributed by atoms with Gasteiger partial charge in [-0.05, 0) is 19.1 Å². The molecule has 25 heavy (non-hydrogen) atoms. The van der Waals surface area contributed by atoms with Gasteiger partial charge in [0.1, 0.15) is 6.10 Å². The zero-order valence-electron chi connectivity index (χ0n) is 15.1. The van der Waals surface area contributed by atoms with Crippen LogP contribution in [0.2, 0.25) is 0 Å². The van der Waals surface area contributed by atoms with Gasteiger partial charge in [-0.25, -0.2) is 9.78 Å². The Morgan fingerprint density at radius 3 is 2.92 bits per heavy atom. The third-order valence-electron chi connectivity index (χ3n) is 4.25. The lowest BCUT2D eigenvalue weighted by Gasteiger charge is -2.20. The van der Waals surface area contributed by atoms with Crippen LogP contribution in [0.5, 0.6) is 5.75 Å². The molecule has 1 unspecified atom stereocenters. The molecule has 134 valence electrons. The number of amides is 2. The molecule has 0 aromatic carbocycles. The van der Waals surface area contributed by atoms with Gasteiger partial charge in [0.05, 0.1) is 6.54 Å². The average molecular weight is 344 g/mol. The van der Waals surface area contributed by atoms with Crippen molar-refractivity contribution in [3.05, 3.63) is 30.1 Å². The summed E-state index contributed by atoms with van der Waals surface area (Å²) in [5.74, 6) is 2.09. The highest BCUT2D eigenvalue weighted by Crippen LogP contribution is 2.26. The number of pyridine rings is 1. The van der Waals surface area contributed by atoms with Crippen molar-refractivity contribution < 1.29 is 9.53 Å². The molecule has 1 aliphatic rings. The minimum atomic E-state index is -0.150. The number of aromatic nitrogens is 3. The molecule has 8 heteroatoms. The van der Waals surface area contributed by atoms with E-state index in [2.05, 4.69) is 15.4 Å². The molecule has 2 aromatic rings. The van der Waals surface area contributed by atoms with Crippen LogP contribution in [-0.4, -0.2) is 59.0 Å². The number of anilines is 2. The summed E-state index contributed by atoms with van der Waals surface area (Å²) < 4.78 is 7.81. The number of hydrogen-bond acceptors (Lipinski definition) is 5. The molecule has 0 radical (unpaired) electrons. The minimum Gasteiger partial charge on any atom is -0.485 e. The molecule has 8 nitrogen and oxygen atoms in total. The number of nitrogens with zero attached hydrogens (tertiary/aromatic N) is 5. The normalized spacial score (nSPS) is 16.8. The van der Waals surface area contributed by atoms with Crippen molar-refractivity contribution in [3.63, 3.8) is 0 Å². The van der Waals surface area contributed by atoms with E-state index in [0.717, 1.165) is 23.7 Å². The van der Waals surface area contributed by atoms with Crippen LogP contribution in [0.3, 0.4) is 0 Å². The van der Waals surface area contributed by atoms with E-state index in [-0.39, 0.29) is 12.1 Å². The van der Waals surface area contributed by atoms with Crippen LogP contribution in [0.25, 0.3) is 0 Å². The molecule has 2 amide bonds. The van der Waals surface area contributed by atoms with E-state index in [0.29, 0.717) is 18.9 Å². The van der Waals surface area contributed by atoms with Gasteiger partial charge < -0.3 is 14.5 Å². The predicted molar refractivity (Wildman–Crippen MR) is 96.1 cm³/mol. The average Bonchev–Trinajstić information content (AvgIpc) is 3.15. The topological polar surface area (TPSA) is 75.5 Å². The van der Waals surface area contributed by atoms with Crippen molar-refractivity contribution in [3.8, 4) is 5.75 Å². The van der Waals surface area contributed by atoms with E-state index in [9.17, 15) is 4.79 Å². The standard InChI is InChI=1S/C17H24N6O2/c1-12-10-15(20-22(12)4)19-17(24)23-9-7-13(11-23)25-14-6-5-8-18-16(14)21(2)3/h5-6,8,10,13H,7,9,11H2,1-4H3,(H,19,20,24). The third kappa shape index (κ3) is 3.84. The number of hydrogen-bond donors (Lipinski definition) is 1. The van der Waals surface area contributed by atoms with E-state index in [4.69, 9.17) is 4.74 Å². The van der Waals surface area contributed by atoms with Gasteiger partial charge in [0, 0.05) is 52.1 Å². The fraction of sp³-hybridized carbons (Fsp3) is 0.471. The summed E-state index contributed by atoms with van der Waals surface area (Å²) in [5, 5.41) is 7.09. The van der Waals surface area contributed by atoms with E-state index < -0.39 is 0 Å². The summed E-state index contributed by atoms with van der Waals surface area (Å²) in [7, 11) is 5.71. The Kier molecular flexibility index (Phi) is 4.78. The van der Waals surface area contributed by atoms with Gasteiger partial charge >= 0.3 is 6.03 Å². The number of rotatable bonds is 4. The van der Waals surface area contributed by atoms with Crippen LogP contribution in [0.1, 0.15) is 12.1 Å². The van der Waals surface area contributed by atoms with E-state index in [1.54, 1.807) is 15.8 Å². The Labute approximate surface area is 147 Å². The maximum absolute atomic E-state index is 12.4. The second-order valence-electron chi connectivity index (χ2n) is 6.42. The van der Waals surface area contributed by atoms with Crippen LogP contribution >= 0.6 is 0 Å². The maximum Gasteiger partial charge on any atom is 0.323 e. The first-order valence-corrected chi connectivity index (χ1v) is 8.29. The first-order chi connectivity index (χ1) is 11.9. The first kappa shape index (κ1) is 17.1. The zero-order valence-corrected chi connectivity index (χ0v) is 15.1. The van der Waals surface area contributed by atoms with Crippen LogP contribution in [0, 0.1) is 6.92 Å². The van der Waals surface area contributed by atoms with E-state index in [1.165, 1.54) is 0 Å². The second-order valence-corrected chi connectivity index (χ2v) is 6.42. The molecule has 0 bridgehead atoms. The molecule has 1 N–H and O–H groups in total. The SMILES string of the molecule is Cc1cc(NC(=O)N2CCC(Oc3cccnc3N(C)C)C2)nn1C. The summed E-state index contributed by atoms with van der Waals surface area (Å²) in [4.78, 5) is 20.4. The van der Waals surface area contributed by atoms with Gasteiger partial charge in [-0.3, -0.25) is 10.00 Å². The molecule has 3 heterocycles. The lowest BCUT2D eigenvalue weighted by atomic mass is 10.3. The summed E-state index contributed by atoms with van der Waals surface area (Å²) >= 11 is 0. The fourth-order valence-electron chi connectivity index (χ4n) is 2.81. The van der Waals surface area contributed by atoms with Crippen LogP contribution in [0.15, 0.2) is 24.4 Å².